The highest BCUT2D eigenvalue weighted by molar-refractivity contribution is 5.96. The highest BCUT2D eigenvalue weighted by atomic mass is 16.7. The number of rotatable bonds is 13. The van der Waals surface area contributed by atoms with E-state index in [2.05, 4.69) is 21.1 Å². The molecule has 1 aliphatic carbocycles. The first-order valence-electron chi connectivity index (χ1n) is 18.9. The SMILES string of the molecule is COC(=O)[C@H]1O[C@@H](Oc2ccc([N+](=O)[O-])cc2CN(C)C(=O)n2ccc3c(-c4cnn([C@H](CC#N)C5CCCC5)c4)ncnc32)[C@H](OC(C)=O)[C@@H](OC(C)=O)[C@@H]1OC(C)=O. The van der Waals surface area contributed by atoms with Crippen molar-refractivity contribution < 1.29 is 57.3 Å². The second-order valence-electron chi connectivity index (χ2n) is 14.3. The van der Waals surface area contributed by atoms with E-state index in [0.29, 0.717) is 29.0 Å². The first-order valence-corrected chi connectivity index (χ1v) is 18.9. The number of carbonyl (C=O) groups excluding carboxylic acids is 5. The van der Waals surface area contributed by atoms with Crippen molar-refractivity contribution in [1.29, 1.82) is 5.26 Å². The maximum absolute atomic E-state index is 14.1. The summed E-state index contributed by atoms with van der Waals surface area (Å²) in [5.41, 5.74) is 1.15. The van der Waals surface area contributed by atoms with Gasteiger partial charge in [-0.25, -0.2) is 19.6 Å². The van der Waals surface area contributed by atoms with Crippen LogP contribution in [0.15, 0.2) is 49.2 Å². The molecule has 3 aromatic heterocycles. The third-order valence-corrected chi connectivity index (χ3v) is 10.2. The average Bonchev–Trinajstić information content (AvgIpc) is 4.01. The van der Waals surface area contributed by atoms with Gasteiger partial charge in [0.2, 0.25) is 12.4 Å². The van der Waals surface area contributed by atoms with Crippen molar-refractivity contribution in [2.24, 2.45) is 5.92 Å². The number of carbonyl (C=O) groups is 5. The van der Waals surface area contributed by atoms with E-state index in [0.717, 1.165) is 65.7 Å². The fraction of sp³-hybridized carbons (Fsp3) is 0.462. The van der Waals surface area contributed by atoms with Gasteiger partial charge in [0.1, 0.15) is 12.1 Å². The molecular formula is C39H42N8O13. The highest BCUT2D eigenvalue weighted by Crippen LogP contribution is 2.38. The molecule has 2 aliphatic rings. The van der Waals surface area contributed by atoms with Gasteiger partial charge in [0.05, 0.1) is 49.0 Å². The summed E-state index contributed by atoms with van der Waals surface area (Å²) >= 11 is 0. The molecule has 0 bridgehead atoms. The molecule has 4 aromatic rings. The molecule has 1 saturated heterocycles. The molecule has 1 aliphatic heterocycles. The molecule has 1 aromatic carbocycles. The second-order valence-corrected chi connectivity index (χ2v) is 14.3. The Morgan fingerprint density at radius 3 is 2.35 bits per heavy atom. The third-order valence-electron chi connectivity index (χ3n) is 10.2. The number of nitrogens with zero attached hydrogens (tertiary/aromatic N) is 8. The lowest BCUT2D eigenvalue weighted by molar-refractivity contribution is -0.385. The summed E-state index contributed by atoms with van der Waals surface area (Å²) in [6.07, 6.45) is 2.42. The zero-order valence-corrected chi connectivity index (χ0v) is 33.3. The first kappa shape index (κ1) is 42.7. The molecule has 0 spiro atoms. The molecule has 60 heavy (non-hydrogen) atoms. The Labute approximate surface area is 342 Å². The molecule has 1 saturated carbocycles. The number of amides is 1. The number of hydrogen-bond donors (Lipinski definition) is 0. The summed E-state index contributed by atoms with van der Waals surface area (Å²) in [5.74, 6) is -3.53. The van der Waals surface area contributed by atoms with Crippen LogP contribution >= 0.6 is 0 Å². The summed E-state index contributed by atoms with van der Waals surface area (Å²) in [5, 5.41) is 26.6. The normalized spacial score (nSPS) is 20.7. The van der Waals surface area contributed by atoms with Gasteiger partial charge < -0.3 is 33.3 Å². The lowest BCUT2D eigenvalue weighted by Gasteiger charge is -2.43. The van der Waals surface area contributed by atoms with Gasteiger partial charge in [-0.2, -0.15) is 10.4 Å². The summed E-state index contributed by atoms with van der Waals surface area (Å²) < 4.78 is 36.1. The minimum atomic E-state index is -1.77. The maximum atomic E-state index is 14.1. The molecule has 2 fully saturated rings. The first-order chi connectivity index (χ1) is 28.7. The standard InChI is InChI=1S/C39H42N8O13/c1-21(48)56-32-33(57-22(2)49)35(58-23(3)50)38(60-34(32)37(51)55-5)59-30-11-10-27(47(53)54)16-25(30)18-44(4)39(52)45-15-13-28-31(41-20-42-36(28)45)26-17-43-46(19-26)29(12-14-40)24-8-6-7-9-24/h10-11,13,15-17,19-20,24,29,32-35,38H,6-9,12,18H2,1-5H3/t29-,32+,33+,34+,35-,38-/m1/s1. The Kier molecular flexibility index (Phi) is 13.0. The van der Waals surface area contributed by atoms with Crippen LogP contribution in [0.3, 0.4) is 0 Å². The van der Waals surface area contributed by atoms with Crippen LogP contribution in [0.2, 0.25) is 0 Å². The van der Waals surface area contributed by atoms with Crippen molar-refractivity contribution >= 4 is 46.6 Å². The van der Waals surface area contributed by atoms with Gasteiger partial charge in [0, 0.05) is 68.9 Å². The van der Waals surface area contributed by atoms with Crippen molar-refractivity contribution in [1.82, 2.24) is 29.2 Å². The fourth-order valence-electron chi connectivity index (χ4n) is 7.61. The van der Waals surface area contributed by atoms with Crippen molar-refractivity contribution in [3.05, 3.63) is 64.9 Å². The van der Waals surface area contributed by atoms with Crippen LogP contribution in [0.5, 0.6) is 5.75 Å². The van der Waals surface area contributed by atoms with Gasteiger partial charge in [-0.3, -0.25) is 33.7 Å². The predicted octanol–water partition coefficient (Wildman–Crippen LogP) is 4.02. The van der Waals surface area contributed by atoms with Gasteiger partial charge in [0.15, 0.2) is 24.0 Å². The van der Waals surface area contributed by atoms with E-state index in [-0.39, 0.29) is 35.2 Å². The zero-order chi connectivity index (χ0) is 43.2. The number of esters is 4. The van der Waals surface area contributed by atoms with E-state index in [9.17, 15) is 39.3 Å². The topological polar surface area (TPSA) is 259 Å². The second kappa shape index (κ2) is 18.3. The summed E-state index contributed by atoms with van der Waals surface area (Å²) in [6, 6.07) is 6.76. The monoisotopic (exact) mass is 830 g/mol. The Hall–Kier alpha value is -6.95. The molecule has 0 radical (unpaired) electrons. The number of nitro groups is 1. The van der Waals surface area contributed by atoms with Gasteiger partial charge >= 0.3 is 29.9 Å². The number of fused-ring (bicyclic) bond motifs is 1. The molecule has 316 valence electrons. The highest BCUT2D eigenvalue weighted by Gasteiger charge is 2.56. The Balaban J connectivity index is 1.30. The van der Waals surface area contributed by atoms with E-state index in [1.807, 2.05) is 10.9 Å². The van der Waals surface area contributed by atoms with Gasteiger partial charge in [-0.05, 0) is 30.9 Å². The number of hydrogen-bond acceptors (Lipinski definition) is 17. The minimum absolute atomic E-state index is 0.0689. The third kappa shape index (κ3) is 9.18. The smallest absolute Gasteiger partial charge is 0.339 e. The lowest BCUT2D eigenvalue weighted by atomic mass is 9.96. The van der Waals surface area contributed by atoms with E-state index >= 15 is 0 Å². The van der Waals surface area contributed by atoms with E-state index in [1.54, 1.807) is 12.3 Å². The average molecular weight is 831 g/mol. The predicted molar refractivity (Wildman–Crippen MR) is 203 cm³/mol. The zero-order valence-electron chi connectivity index (χ0n) is 33.3. The number of non-ortho nitro benzene ring substituents is 1. The van der Waals surface area contributed by atoms with E-state index in [4.69, 9.17) is 28.4 Å². The molecule has 1 amide bonds. The number of aromatic nitrogens is 5. The summed E-state index contributed by atoms with van der Waals surface area (Å²) in [4.78, 5) is 85.1. The van der Waals surface area contributed by atoms with Crippen molar-refractivity contribution in [3.8, 4) is 23.1 Å². The number of benzene rings is 1. The molecule has 6 atom stereocenters. The van der Waals surface area contributed by atoms with Crippen LogP contribution in [0.25, 0.3) is 22.3 Å². The summed E-state index contributed by atoms with van der Waals surface area (Å²) in [7, 11) is 2.47. The van der Waals surface area contributed by atoms with Crippen molar-refractivity contribution in [2.45, 2.75) is 96.2 Å². The quantitative estimate of drug-likeness (QED) is 0.0797. The summed E-state index contributed by atoms with van der Waals surface area (Å²) in [6.45, 7) is 2.81. The van der Waals surface area contributed by atoms with Crippen LogP contribution < -0.4 is 4.74 Å². The Morgan fingerprint density at radius 2 is 1.70 bits per heavy atom. The molecular weight excluding hydrogens is 788 g/mol. The minimum Gasteiger partial charge on any atom is -0.467 e. The number of ether oxygens (including phenoxy) is 6. The molecule has 21 nitrogen and oxygen atoms in total. The van der Waals surface area contributed by atoms with Crippen molar-refractivity contribution in [2.75, 3.05) is 14.2 Å². The Morgan fingerprint density at radius 1 is 1.02 bits per heavy atom. The van der Waals surface area contributed by atoms with Crippen LogP contribution in [0.4, 0.5) is 10.5 Å². The molecule has 0 unspecified atom stereocenters. The number of nitro benzene ring substituents is 1. The lowest BCUT2D eigenvalue weighted by Crippen LogP contribution is -2.64. The molecule has 4 heterocycles. The maximum Gasteiger partial charge on any atom is 0.339 e. The largest absolute Gasteiger partial charge is 0.467 e. The fourth-order valence-corrected chi connectivity index (χ4v) is 7.61. The van der Waals surface area contributed by atoms with Gasteiger partial charge in [0.25, 0.3) is 5.69 Å². The molecule has 0 N–H and O–H groups in total. The van der Waals surface area contributed by atoms with Crippen LogP contribution in [-0.2, 0) is 49.4 Å². The van der Waals surface area contributed by atoms with Gasteiger partial charge in [-0.1, -0.05) is 12.8 Å². The molecule has 21 heteroatoms. The van der Waals surface area contributed by atoms with E-state index in [1.165, 1.54) is 35.1 Å². The van der Waals surface area contributed by atoms with Crippen LogP contribution in [0.1, 0.15) is 64.5 Å². The number of nitriles is 1. The van der Waals surface area contributed by atoms with Crippen LogP contribution in [-0.4, -0.2) is 109 Å². The van der Waals surface area contributed by atoms with E-state index < -0.39 is 65.5 Å². The molecule has 6 rings (SSSR count). The van der Waals surface area contributed by atoms with Crippen molar-refractivity contribution in [3.63, 3.8) is 0 Å². The number of methoxy groups -OCH3 is 1. The Bertz CT molecular complexity index is 2330. The van der Waals surface area contributed by atoms with Crippen LogP contribution in [0, 0.1) is 27.4 Å². The van der Waals surface area contributed by atoms with Gasteiger partial charge in [-0.15, -0.1) is 0 Å².